The first-order chi connectivity index (χ1) is 9.89. The Hall–Kier alpha value is 0. The van der Waals surface area contributed by atoms with Crippen LogP contribution >= 0.6 is 0 Å². The summed E-state index contributed by atoms with van der Waals surface area (Å²) in [5.41, 5.74) is 1.76. The minimum absolute atomic E-state index is 0.416. The molecule has 0 spiro atoms. The highest BCUT2D eigenvalue weighted by atomic mass is 14.6. The van der Waals surface area contributed by atoms with E-state index in [-0.39, 0.29) is 0 Å². The van der Waals surface area contributed by atoms with Gasteiger partial charge in [0.2, 0.25) is 0 Å². The van der Waals surface area contributed by atoms with Crippen LogP contribution in [0.2, 0.25) is 0 Å². The average molecular weight is 311 g/mol. The first kappa shape index (κ1) is 22.0. The van der Waals surface area contributed by atoms with Crippen LogP contribution in [-0.2, 0) is 0 Å². The Balaban J connectivity index is 5.47. The van der Waals surface area contributed by atoms with Crippen molar-refractivity contribution in [2.24, 2.45) is 21.7 Å². The minimum atomic E-state index is 0.416. The van der Waals surface area contributed by atoms with Crippen LogP contribution in [0, 0.1) is 21.7 Å². The Morgan fingerprint density at radius 1 is 0.591 bits per heavy atom. The zero-order valence-electron chi connectivity index (χ0n) is 17.7. The van der Waals surface area contributed by atoms with E-state index in [0.717, 1.165) is 0 Å². The molecule has 0 bridgehead atoms. The van der Waals surface area contributed by atoms with E-state index in [9.17, 15) is 0 Å². The first-order valence-electron chi connectivity index (χ1n) is 9.89. The van der Waals surface area contributed by atoms with Gasteiger partial charge in [0, 0.05) is 0 Å². The highest BCUT2D eigenvalue weighted by molar-refractivity contribution is 5.00. The fourth-order valence-electron chi connectivity index (χ4n) is 4.72. The van der Waals surface area contributed by atoms with Crippen LogP contribution < -0.4 is 0 Å². The van der Waals surface area contributed by atoms with E-state index in [1.54, 1.807) is 0 Å². The lowest BCUT2D eigenvalue weighted by Gasteiger charge is -2.57. The highest BCUT2D eigenvalue weighted by Gasteiger charge is 2.50. The third kappa shape index (κ3) is 5.27. The van der Waals surface area contributed by atoms with Crippen molar-refractivity contribution in [3.63, 3.8) is 0 Å². The molecule has 2 unspecified atom stereocenters. The van der Waals surface area contributed by atoms with Crippen molar-refractivity contribution in [1.29, 1.82) is 0 Å². The van der Waals surface area contributed by atoms with Crippen LogP contribution in [0.1, 0.15) is 121 Å². The predicted octanol–water partition coefficient (Wildman–Crippen LogP) is 8.25. The fourth-order valence-corrected chi connectivity index (χ4v) is 4.72. The maximum Gasteiger partial charge on any atom is -0.0221 e. The van der Waals surface area contributed by atoms with Gasteiger partial charge in [0.1, 0.15) is 0 Å². The molecule has 0 amide bonds. The van der Waals surface area contributed by atoms with Gasteiger partial charge in [-0.3, -0.25) is 0 Å². The van der Waals surface area contributed by atoms with E-state index in [0.29, 0.717) is 21.7 Å². The zero-order chi connectivity index (χ0) is 17.7. The largest absolute Gasteiger partial charge is 0.0654 e. The smallest absolute Gasteiger partial charge is 0.0221 e. The third-order valence-electron chi connectivity index (χ3n) is 6.89. The minimum Gasteiger partial charge on any atom is -0.0654 e. The van der Waals surface area contributed by atoms with Gasteiger partial charge in [0.15, 0.2) is 0 Å². The second-order valence-corrected chi connectivity index (χ2v) is 10.0. The highest BCUT2D eigenvalue weighted by Crippen LogP contribution is 2.60. The number of rotatable bonds is 10. The molecule has 0 aliphatic carbocycles. The molecule has 0 heteroatoms. The lowest BCUT2D eigenvalue weighted by atomic mass is 9.48. The Morgan fingerprint density at radius 3 is 1.45 bits per heavy atom. The molecular weight excluding hydrogens is 264 g/mol. The van der Waals surface area contributed by atoms with E-state index >= 15 is 0 Å². The zero-order valence-corrected chi connectivity index (χ0v) is 17.7. The van der Waals surface area contributed by atoms with Crippen molar-refractivity contribution in [1.82, 2.24) is 0 Å². The van der Waals surface area contributed by atoms with Gasteiger partial charge in [-0.2, -0.15) is 0 Å². The summed E-state index contributed by atoms with van der Waals surface area (Å²) in [5, 5.41) is 0. The van der Waals surface area contributed by atoms with Gasteiger partial charge in [-0.15, -0.1) is 0 Å². The first-order valence-corrected chi connectivity index (χ1v) is 9.89. The summed E-state index contributed by atoms with van der Waals surface area (Å²) >= 11 is 0. The van der Waals surface area contributed by atoms with Crippen molar-refractivity contribution >= 4 is 0 Å². The molecule has 0 rings (SSSR count). The molecule has 0 nitrogen and oxygen atoms in total. The van der Waals surface area contributed by atoms with Gasteiger partial charge in [0.25, 0.3) is 0 Å². The van der Waals surface area contributed by atoms with Crippen molar-refractivity contribution < 1.29 is 0 Å². The molecule has 0 saturated heterocycles. The van der Waals surface area contributed by atoms with Crippen LogP contribution in [0.25, 0.3) is 0 Å². The maximum absolute atomic E-state index is 2.62. The molecule has 0 heterocycles. The van der Waals surface area contributed by atoms with Gasteiger partial charge < -0.3 is 0 Å². The molecule has 0 saturated carbocycles. The molecule has 0 N–H and O–H groups in total. The number of hydrogen-bond donors (Lipinski definition) is 0. The summed E-state index contributed by atoms with van der Waals surface area (Å²) in [6, 6.07) is 0. The van der Waals surface area contributed by atoms with Crippen LogP contribution in [0.5, 0.6) is 0 Å². The molecular formula is C22H46. The normalized spacial score (nSPS) is 18.8. The van der Waals surface area contributed by atoms with Gasteiger partial charge in [-0.25, -0.2) is 0 Å². The third-order valence-corrected chi connectivity index (χ3v) is 6.89. The standard InChI is InChI=1S/C22H46/c1-11-15-20(7,8)22(10,18-14-17-19(4,5)6)21(9,13-3)16-12-2/h11-18H2,1-10H3. The summed E-state index contributed by atoms with van der Waals surface area (Å²) in [4.78, 5) is 0. The summed E-state index contributed by atoms with van der Waals surface area (Å²) in [7, 11) is 0. The van der Waals surface area contributed by atoms with Crippen LogP contribution in [-0.4, -0.2) is 0 Å². The molecule has 0 radical (unpaired) electrons. The van der Waals surface area contributed by atoms with Gasteiger partial charge >= 0.3 is 0 Å². The molecule has 0 aliphatic heterocycles. The van der Waals surface area contributed by atoms with Crippen LogP contribution in [0.4, 0.5) is 0 Å². The van der Waals surface area contributed by atoms with Crippen LogP contribution in [0.15, 0.2) is 0 Å². The summed E-state index contributed by atoms with van der Waals surface area (Å²) in [5.74, 6) is 0. The molecule has 0 aromatic heterocycles. The second kappa shape index (κ2) is 8.20. The topological polar surface area (TPSA) is 0 Å². The fraction of sp³-hybridized carbons (Fsp3) is 1.00. The lowest BCUT2D eigenvalue weighted by molar-refractivity contribution is -0.0710. The van der Waals surface area contributed by atoms with E-state index in [4.69, 9.17) is 0 Å². The summed E-state index contributed by atoms with van der Waals surface area (Å²) < 4.78 is 0. The number of hydrogen-bond acceptors (Lipinski definition) is 0. The van der Waals surface area contributed by atoms with E-state index < -0.39 is 0 Å². The Kier molecular flexibility index (Phi) is 8.20. The van der Waals surface area contributed by atoms with Crippen molar-refractivity contribution in [2.45, 2.75) is 121 Å². The SMILES string of the molecule is CCCC(C)(C)C(C)(CCCC(C)(C)C)C(C)(CC)CCC. The van der Waals surface area contributed by atoms with Gasteiger partial charge in [-0.1, -0.05) is 94.9 Å². The molecule has 134 valence electrons. The molecule has 22 heavy (non-hydrogen) atoms. The van der Waals surface area contributed by atoms with Crippen molar-refractivity contribution in [2.75, 3.05) is 0 Å². The Labute approximate surface area is 142 Å². The maximum atomic E-state index is 2.62. The average Bonchev–Trinajstić information content (AvgIpc) is 2.36. The summed E-state index contributed by atoms with van der Waals surface area (Å²) in [6.45, 7) is 24.5. The van der Waals surface area contributed by atoms with Gasteiger partial charge in [0.05, 0.1) is 0 Å². The summed E-state index contributed by atoms with van der Waals surface area (Å²) in [6.07, 6.45) is 10.7. The Bertz CT molecular complexity index is 306. The van der Waals surface area contributed by atoms with E-state index in [1.165, 1.54) is 51.4 Å². The van der Waals surface area contributed by atoms with Crippen LogP contribution in [0.3, 0.4) is 0 Å². The molecule has 2 atom stereocenters. The second-order valence-electron chi connectivity index (χ2n) is 10.0. The van der Waals surface area contributed by atoms with Crippen molar-refractivity contribution in [3.8, 4) is 0 Å². The lowest BCUT2D eigenvalue weighted by Crippen LogP contribution is -2.48. The van der Waals surface area contributed by atoms with E-state index in [1.807, 2.05) is 0 Å². The molecule has 0 aliphatic rings. The quantitative estimate of drug-likeness (QED) is 0.381. The monoisotopic (exact) mass is 310 g/mol. The molecule has 0 fully saturated rings. The Morgan fingerprint density at radius 2 is 1.09 bits per heavy atom. The molecule has 0 aromatic rings. The predicted molar refractivity (Wildman–Crippen MR) is 103 cm³/mol. The van der Waals surface area contributed by atoms with E-state index in [2.05, 4.69) is 69.2 Å². The molecule has 0 aromatic carbocycles. The van der Waals surface area contributed by atoms with Crippen molar-refractivity contribution in [3.05, 3.63) is 0 Å². The van der Waals surface area contributed by atoms with Gasteiger partial charge in [-0.05, 0) is 47.3 Å².